The van der Waals surface area contributed by atoms with Gasteiger partial charge < -0.3 is 9.47 Å². The van der Waals surface area contributed by atoms with Crippen molar-refractivity contribution in [1.29, 1.82) is 0 Å². The van der Waals surface area contributed by atoms with Crippen LogP contribution in [0.5, 0.6) is 11.5 Å². The number of carbonyl (C=O) groups excluding carboxylic acids is 1. The lowest BCUT2D eigenvalue weighted by molar-refractivity contribution is -0.113. The lowest BCUT2D eigenvalue weighted by Gasteiger charge is -2.14. The Kier molecular flexibility index (Phi) is 6.53. The van der Waals surface area contributed by atoms with Crippen molar-refractivity contribution in [3.8, 4) is 11.5 Å². The Bertz CT molecular complexity index is 1210. The third-order valence-electron chi connectivity index (χ3n) is 4.70. The molecule has 0 saturated carbocycles. The predicted molar refractivity (Wildman–Crippen MR) is 126 cm³/mol. The molecule has 1 saturated heterocycles. The van der Waals surface area contributed by atoms with E-state index in [2.05, 4.69) is 0 Å². The molecule has 1 fully saturated rings. The first-order valence-electron chi connectivity index (χ1n) is 9.54. The molecule has 1 amide bonds. The molecule has 0 radical (unpaired) electrons. The molecule has 4 rings (SSSR count). The molecule has 0 unspecified atom stereocenters. The zero-order valence-electron chi connectivity index (χ0n) is 16.9. The smallest absolute Gasteiger partial charge is 0.270 e. The van der Waals surface area contributed by atoms with Crippen molar-refractivity contribution >= 4 is 46.0 Å². The molecule has 1 aliphatic heterocycles. The van der Waals surface area contributed by atoms with E-state index in [1.54, 1.807) is 42.5 Å². The van der Waals surface area contributed by atoms with Gasteiger partial charge in [0.05, 0.1) is 17.7 Å². The minimum atomic E-state index is -0.393. The second kappa shape index (κ2) is 9.50. The van der Waals surface area contributed by atoms with Gasteiger partial charge >= 0.3 is 0 Å². The predicted octanol–water partition coefficient (Wildman–Crippen LogP) is 5.96. The quantitative estimate of drug-likeness (QED) is 0.329. The molecule has 32 heavy (non-hydrogen) atoms. The number of benzene rings is 3. The van der Waals surface area contributed by atoms with Crippen LogP contribution in [-0.2, 0) is 11.4 Å². The second-order valence-corrected chi connectivity index (χ2v) is 8.46. The number of thioether (sulfide) groups is 1. The first kappa shape index (κ1) is 22.0. The van der Waals surface area contributed by atoms with Gasteiger partial charge in [0.15, 0.2) is 15.8 Å². The molecule has 0 aliphatic carbocycles. The SMILES string of the molecule is COc1ccc(/C=C2/SC(=S)N(c3ccc(F)cc3)C2=O)cc1OCc1ccccc1F. The third-order valence-corrected chi connectivity index (χ3v) is 6.01. The average molecular weight is 470 g/mol. The molecule has 0 bridgehead atoms. The Morgan fingerprint density at radius 2 is 1.78 bits per heavy atom. The number of methoxy groups -OCH3 is 1. The Labute approximate surface area is 193 Å². The fraction of sp³-hybridized carbons (Fsp3) is 0.0833. The summed E-state index contributed by atoms with van der Waals surface area (Å²) in [6, 6.07) is 17.1. The summed E-state index contributed by atoms with van der Waals surface area (Å²) in [6.07, 6.45) is 1.69. The molecule has 3 aromatic rings. The fourth-order valence-corrected chi connectivity index (χ4v) is 4.40. The van der Waals surface area contributed by atoms with Crippen molar-refractivity contribution < 1.29 is 23.0 Å². The van der Waals surface area contributed by atoms with Crippen LogP contribution in [0.3, 0.4) is 0 Å². The minimum absolute atomic E-state index is 0.0270. The highest BCUT2D eigenvalue weighted by Crippen LogP contribution is 2.37. The monoisotopic (exact) mass is 469 g/mol. The van der Waals surface area contributed by atoms with Crippen molar-refractivity contribution in [2.45, 2.75) is 6.61 Å². The number of hydrogen-bond acceptors (Lipinski definition) is 5. The van der Waals surface area contributed by atoms with E-state index in [0.717, 1.165) is 11.8 Å². The normalized spacial score (nSPS) is 14.8. The summed E-state index contributed by atoms with van der Waals surface area (Å²) in [5.41, 5.74) is 1.61. The maximum Gasteiger partial charge on any atom is 0.270 e. The lowest BCUT2D eigenvalue weighted by atomic mass is 10.1. The van der Waals surface area contributed by atoms with Gasteiger partial charge in [0, 0.05) is 5.56 Å². The summed E-state index contributed by atoms with van der Waals surface area (Å²) in [5.74, 6) is -0.143. The first-order valence-corrected chi connectivity index (χ1v) is 10.8. The van der Waals surface area contributed by atoms with Gasteiger partial charge in [-0.1, -0.05) is 48.2 Å². The van der Waals surface area contributed by atoms with Gasteiger partial charge in [0.1, 0.15) is 18.2 Å². The fourth-order valence-electron chi connectivity index (χ4n) is 3.10. The first-order chi connectivity index (χ1) is 15.5. The Morgan fingerprint density at radius 1 is 1.03 bits per heavy atom. The third kappa shape index (κ3) is 4.66. The van der Waals surface area contributed by atoms with Crippen molar-refractivity contribution in [3.05, 3.63) is 94.4 Å². The van der Waals surface area contributed by atoms with E-state index in [4.69, 9.17) is 21.7 Å². The van der Waals surface area contributed by atoms with Crippen LogP contribution in [0.15, 0.2) is 71.6 Å². The summed E-state index contributed by atoms with van der Waals surface area (Å²) in [5, 5.41) is 0. The summed E-state index contributed by atoms with van der Waals surface area (Å²) in [7, 11) is 1.51. The number of thiocarbonyl (C=S) groups is 1. The molecule has 1 heterocycles. The number of ether oxygens (including phenoxy) is 2. The molecule has 162 valence electrons. The highest BCUT2D eigenvalue weighted by Gasteiger charge is 2.33. The van der Waals surface area contributed by atoms with E-state index in [1.807, 2.05) is 0 Å². The number of nitrogens with zero attached hydrogens (tertiary/aromatic N) is 1. The van der Waals surface area contributed by atoms with Crippen molar-refractivity contribution in [3.63, 3.8) is 0 Å². The molecule has 0 N–H and O–H groups in total. The maximum atomic E-state index is 13.9. The van der Waals surface area contributed by atoms with Crippen molar-refractivity contribution in [1.82, 2.24) is 0 Å². The summed E-state index contributed by atoms with van der Waals surface area (Å²) in [4.78, 5) is 14.7. The van der Waals surface area contributed by atoms with Crippen LogP contribution in [0.1, 0.15) is 11.1 Å². The Balaban J connectivity index is 1.57. The molecule has 0 spiro atoms. The van der Waals surface area contributed by atoms with Gasteiger partial charge in [-0.15, -0.1) is 0 Å². The van der Waals surface area contributed by atoms with E-state index in [-0.39, 0.29) is 18.3 Å². The highest BCUT2D eigenvalue weighted by molar-refractivity contribution is 8.27. The average Bonchev–Trinajstić information content (AvgIpc) is 3.07. The van der Waals surface area contributed by atoms with Crippen LogP contribution in [0.4, 0.5) is 14.5 Å². The number of carbonyl (C=O) groups is 1. The van der Waals surface area contributed by atoms with E-state index < -0.39 is 5.82 Å². The summed E-state index contributed by atoms with van der Waals surface area (Å²) >= 11 is 6.51. The van der Waals surface area contributed by atoms with Crippen molar-refractivity contribution in [2.24, 2.45) is 0 Å². The molecule has 3 aromatic carbocycles. The molecular weight excluding hydrogens is 452 g/mol. The van der Waals surface area contributed by atoms with Gasteiger partial charge in [-0.05, 0) is 54.1 Å². The second-order valence-electron chi connectivity index (χ2n) is 6.78. The van der Waals surface area contributed by atoms with E-state index in [9.17, 15) is 13.6 Å². The Hall–Kier alpha value is -3.23. The van der Waals surface area contributed by atoms with Crippen LogP contribution in [-0.4, -0.2) is 17.3 Å². The highest BCUT2D eigenvalue weighted by atomic mass is 32.2. The molecule has 0 atom stereocenters. The van der Waals surface area contributed by atoms with E-state index in [1.165, 1.54) is 42.3 Å². The number of rotatable bonds is 6. The maximum absolute atomic E-state index is 13.9. The summed E-state index contributed by atoms with van der Waals surface area (Å²) < 4.78 is 38.6. The lowest BCUT2D eigenvalue weighted by Crippen LogP contribution is -2.27. The van der Waals surface area contributed by atoms with E-state index in [0.29, 0.717) is 37.5 Å². The molecular formula is C24H17F2NO3S2. The van der Waals surface area contributed by atoms with Gasteiger partial charge in [0.2, 0.25) is 0 Å². The number of anilines is 1. The summed E-state index contributed by atoms with van der Waals surface area (Å²) in [6.45, 7) is 0.0270. The van der Waals surface area contributed by atoms with Gasteiger partial charge in [0.25, 0.3) is 5.91 Å². The molecule has 8 heteroatoms. The molecule has 1 aliphatic rings. The van der Waals surface area contributed by atoms with Crippen LogP contribution in [0, 0.1) is 11.6 Å². The zero-order valence-corrected chi connectivity index (χ0v) is 18.5. The van der Waals surface area contributed by atoms with Gasteiger partial charge in [-0.25, -0.2) is 8.78 Å². The topological polar surface area (TPSA) is 38.8 Å². The largest absolute Gasteiger partial charge is 0.493 e. The molecule has 4 nitrogen and oxygen atoms in total. The van der Waals surface area contributed by atoms with E-state index >= 15 is 0 Å². The van der Waals surface area contributed by atoms with Crippen LogP contribution in [0.25, 0.3) is 6.08 Å². The van der Waals surface area contributed by atoms with Crippen LogP contribution in [0.2, 0.25) is 0 Å². The zero-order chi connectivity index (χ0) is 22.7. The minimum Gasteiger partial charge on any atom is -0.493 e. The number of amides is 1. The Morgan fingerprint density at radius 3 is 2.50 bits per heavy atom. The standard InChI is InChI=1S/C24H17F2NO3S2/c1-29-20-11-6-15(12-21(20)30-14-16-4-2-3-5-19(16)26)13-22-23(28)27(24(31)32-22)18-9-7-17(25)8-10-18/h2-13H,14H2,1H3/b22-13+. The molecule has 0 aromatic heterocycles. The van der Waals surface area contributed by atoms with Gasteiger partial charge in [-0.2, -0.15) is 0 Å². The van der Waals surface area contributed by atoms with Crippen molar-refractivity contribution in [2.75, 3.05) is 12.0 Å². The number of halogens is 2. The van der Waals surface area contributed by atoms with Gasteiger partial charge in [-0.3, -0.25) is 9.69 Å². The number of hydrogen-bond donors (Lipinski definition) is 0. The van der Waals surface area contributed by atoms with Crippen LogP contribution >= 0.6 is 24.0 Å². The van der Waals surface area contributed by atoms with Crippen LogP contribution < -0.4 is 14.4 Å².